The summed E-state index contributed by atoms with van der Waals surface area (Å²) < 4.78 is 1.10. The summed E-state index contributed by atoms with van der Waals surface area (Å²) in [4.78, 5) is 0.212. The monoisotopic (exact) mass is 460 g/mol. The predicted octanol–water partition coefficient (Wildman–Crippen LogP) is 6.31. The first-order chi connectivity index (χ1) is 9.65. The highest BCUT2D eigenvalue weighted by molar-refractivity contribution is 14.1. The van der Waals surface area contributed by atoms with Crippen molar-refractivity contribution in [1.29, 1.82) is 0 Å². The predicted molar refractivity (Wildman–Crippen MR) is 98.0 cm³/mol. The number of fused-ring (bicyclic) bond motifs is 1. The molecule has 0 saturated heterocycles. The summed E-state index contributed by atoms with van der Waals surface area (Å²) in [6.45, 7) is 0. The molecule has 104 valence electrons. The van der Waals surface area contributed by atoms with Gasteiger partial charge < -0.3 is 0 Å². The van der Waals surface area contributed by atoms with Gasteiger partial charge in [0, 0.05) is 3.57 Å². The minimum atomic E-state index is 0.212. The zero-order chi connectivity index (χ0) is 14.1. The van der Waals surface area contributed by atoms with Gasteiger partial charge in [-0.15, -0.1) is 0 Å². The van der Waals surface area contributed by atoms with Gasteiger partial charge >= 0.3 is 0 Å². The molecule has 0 aromatic heterocycles. The van der Waals surface area contributed by atoms with E-state index in [-0.39, 0.29) is 4.83 Å². The van der Waals surface area contributed by atoms with Crippen LogP contribution in [0, 0.1) is 3.57 Å². The molecular formula is C17H15BrClI. The molecule has 0 N–H and O–H groups in total. The summed E-state index contributed by atoms with van der Waals surface area (Å²) in [5.74, 6) is 0. The third kappa shape index (κ3) is 3.07. The van der Waals surface area contributed by atoms with Crippen LogP contribution in [0.2, 0.25) is 5.02 Å². The van der Waals surface area contributed by atoms with Gasteiger partial charge in [0.05, 0.1) is 9.85 Å². The van der Waals surface area contributed by atoms with Crippen LogP contribution in [-0.4, -0.2) is 0 Å². The van der Waals surface area contributed by atoms with E-state index in [0.29, 0.717) is 0 Å². The van der Waals surface area contributed by atoms with Crippen molar-refractivity contribution in [3.63, 3.8) is 0 Å². The molecule has 1 unspecified atom stereocenters. The van der Waals surface area contributed by atoms with E-state index in [0.717, 1.165) is 8.59 Å². The molecule has 0 saturated carbocycles. The van der Waals surface area contributed by atoms with Crippen LogP contribution < -0.4 is 0 Å². The van der Waals surface area contributed by atoms with Crippen molar-refractivity contribution in [2.24, 2.45) is 0 Å². The quantitative estimate of drug-likeness (QED) is 0.363. The Morgan fingerprint density at radius 2 is 1.60 bits per heavy atom. The van der Waals surface area contributed by atoms with Gasteiger partial charge in [0.15, 0.2) is 0 Å². The highest BCUT2D eigenvalue weighted by Gasteiger charge is 2.15. The van der Waals surface area contributed by atoms with E-state index in [1.54, 1.807) is 0 Å². The van der Waals surface area contributed by atoms with Gasteiger partial charge in [-0.3, -0.25) is 0 Å². The molecule has 0 bridgehead atoms. The summed E-state index contributed by atoms with van der Waals surface area (Å²) in [5, 5.41) is 0.825. The molecule has 0 amide bonds. The van der Waals surface area contributed by atoms with E-state index in [1.165, 1.54) is 47.9 Å². The van der Waals surface area contributed by atoms with Crippen molar-refractivity contribution in [3.05, 3.63) is 67.2 Å². The van der Waals surface area contributed by atoms with Crippen LogP contribution in [-0.2, 0) is 12.8 Å². The van der Waals surface area contributed by atoms with Crippen molar-refractivity contribution < 1.29 is 0 Å². The Labute approximate surface area is 147 Å². The van der Waals surface area contributed by atoms with E-state index in [9.17, 15) is 0 Å². The lowest BCUT2D eigenvalue weighted by atomic mass is 9.89. The van der Waals surface area contributed by atoms with Gasteiger partial charge in [-0.25, -0.2) is 0 Å². The molecule has 0 heterocycles. The number of hydrogen-bond acceptors (Lipinski definition) is 0. The highest BCUT2D eigenvalue weighted by Crippen LogP contribution is 2.35. The Kier molecular flexibility index (Phi) is 4.73. The third-order valence-corrected chi connectivity index (χ3v) is 6.53. The Balaban J connectivity index is 1.93. The number of benzene rings is 2. The number of rotatable bonds is 2. The van der Waals surface area contributed by atoms with Gasteiger partial charge in [-0.2, -0.15) is 0 Å². The van der Waals surface area contributed by atoms with Crippen LogP contribution in [0.4, 0.5) is 0 Å². The fourth-order valence-corrected chi connectivity index (χ4v) is 3.87. The number of hydrogen-bond donors (Lipinski definition) is 0. The molecule has 0 aliphatic heterocycles. The lowest BCUT2D eigenvalue weighted by Gasteiger charge is -2.19. The second-order valence-electron chi connectivity index (χ2n) is 5.27. The Morgan fingerprint density at radius 1 is 0.950 bits per heavy atom. The van der Waals surface area contributed by atoms with Gasteiger partial charge in [0.1, 0.15) is 0 Å². The maximum Gasteiger partial charge on any atom is 0.0645 e. The van der Waals surface area contributed by atoms with Crippen LogP contribution in [0.1, 0.15) is 39.9 Å². The molecule has 2 aromatic carbocycles. The Hall–Kier alpha value is -0.0600. The minimum absolute atomic E-state index is 0.212. The van der Waals surface area contributed by atoms with Gasteiger partial charge in [-0.05, 0) is 82.7 Å². The topological polar surface area (TPSA) is 0 Å². The fourth-order valence-electron chi connectivity index (χ4n) is 2.77. The van der Waals surface area contributed by atoms with Crippen molar-refractivity contribution >= 4 is 50.1 Å². The first-order valence-corrected chi connectivity index (χ1v) is 9.23. The average Bonchev–Trinajstić information content (AvgIpc) is 2.49. The van der Waals surface area contributed by atoms with Crippen molar-refractivity contribution in [2.75, 3.05) is 0 Å². The smallest absolute Gasteiger partial charge is 0.0645 e. The van der Waals surface area contributed by atoms with Crippen LogP contribution in [0.25, 0.3) is 0 Å². The van der Waals surface area contributed by atoms with Crippen LogP contribution in [0.3, 0.4) is 0 Å². The van der Waals surface area contributed by atoms with Crippen LogP contribution in [0.5, 0.6) is 0 Å². The molecule has 1 aliphatic carbocycles. The second kappa shape index (κ2) is 6.37. The molecule has 1 aliphatic rings. The Bertz CT molecular complexity index is 639. The molecule has 0 nitrogen and oxygen atoms in total. The second-order valence-corrected chi connectivity index (χ2v) is 7.76. The van der Waals surface area contributed by atoms with E-state index in [4.69, 9.17) is 11.6 Å². The fraction of sp³-hybridized carbons (Fsp3) is 0.294. The van der Waals surface area contributed by atoms with E-state index < -0.39 is 0 Å². The largest absolute Gasteiger partial charge is 0.0832 e. The highest BCUT2D eigenvalue weighted by atomic mass is 127. The van der Waals surface area contributed by atoms with Crippen molar-refractivity contribution in [1.82, 2.24) is 0 Å². The first kappa shape index (κ1) is 14.9. The minimum Gasteiger partial charge on any atom is -0.0832 e. The SMILES string of the molecule is Clc1cc(C(Br)c2ccc3c(c2)CCCC3)ccc1I. The third-order valence-electron chi connectivity index (χ3n) is 3.90. The number of aryl methyl sites for hydroxylation is 2. The zero-order valence-electron chi connectivity index (χ0n) is 11.0. The molecule has 0 fully saturated rings. The van der Waals surface area contributed by atoms with Gasteiger partial charge in [-0.1, -0.05) is 51.8 Å². The van der Waals surface area contributed by atoms with E-state index in [1.807, 2.05) is 0 Å². The number of alkyl halides is 1. The maximum atomic E-state index is 6.23. The summed E-state index contributed by atoms with van der Waals surface area (Å²) in [6.07, 6.45) is 5.10. The molecule has 2 aromatic rings. The molecule has 3 rings (SSSR count). The maximum absolute atomic E-state index is 6.23. The van der Waals surface area contributed by atoms with Crippen molar-refractivity contribution in [3.8, 4) is 0 Å². The lowest BCUT2D eigenvalue weighted by Crippen LogP contribution is -2.04. The first-order valence-electron chi connectivity index (χ1n) is 6.86. The molecule has 0 spiro atoms. The summed E-state index contributed by atoms with van der Waals surface area (Å²) in [6, 6.07) is 13.2. The molecule has 0 radical (unpaired) electrons. The van der Waals surface area contributed by atoms with Crippen LogP contribution >= 0.6 is 50.1 Å². The summed E-state index contributed by atoms with van der Waals surface area (Å²) >= 11 is 12.3. The van der Waals surface area contributed by atoms with Gasteiger partial charge in [0.2, 0.25) is 0 Å². The standard InChI is InChI=1S/C17H15BrClI/c18-17(14-7-8-16(20)15(19)10-14)13-6-5-11-3-1-2-4-12(11)9-13/h5-10,17H,1-4H2. The molecule has 1 atom stereocenters. The number of halogens is 3. The lowest BCUT2D eigenvalue weighted by molar-refractivity contribution is 0.684. The molecular weight excluding hydrogens is 446 g/mol. The molecule has 3 heteroatoms. The zero-order valence-corrected chi connectivity index (χ0v) is 15.5. The van der Waals surface area contributed by atoms with Crippen LogP contribution in [0.15, 0.2) is 36.4 Å². The summed E-state index contributed by atoms with van der Waals surface area (Å²) in [7, 11) is 0. The van der Waals surface area contributed by atoms with Gasteiger partial charge in [0.25, 0.3) is 0 Å². The summed E-state index contributed by atoms with van der Waals surface area (Å²) in [5.41, 5.74) is 5.59. The Morgan fingerprint density at radius 3 is 2.35 bits per heavy atom. The normalized spacial score (nSPS) is 15.8. The molecule has 20 heavy (non-hydrogen) atoms. The van der Waals surface area contributed by atoms with Crippen molar-refractivity contribution in [2.45, 2.75) is 30.5 Å². The van der Waals surface area contributed by atoms with E-state index >= 15 is 0 Å². The van der Waals surface area contributed by atoms with E-state index in [2.05, 4.69) is 74.9 Å². The average molecular weight is 462 g/mol.